The number of halogens is 6. The highest BCUT2D eigenvalue weighted by Crippen LogP contribution is 2.60. The smallest absolute Gasteiger partial charge is 0.393 e. The molecule has 4 N–H and O–H groups in total. The highest BCUT2D eigenvalue weighted by atomic mass is 19.4. The summed E-state index contributed by atoms with van der Waals surface area (Å²) in [6, 6.07) is 0. The zero-order valence-electron chi connectivity index (χ0n) is 22.0. The number of hydrogen-bond donors (Lipinski definition) is 4. The molecule has 38 heavy (non-hydrogen) atoms. The summed E-state index contributed by atoms with van der Waals surface area (Å²) in [5.74, 6) is -0.0766. The van der Waals surface area contributed by atoms with Gasteiger partial charge in [-0.25, -0.2) is 0 Å². The fourth-order valence-corrected chi connectivity index (χ4v) is 7.15. The third-order valence-corrected chi connectivity index (χ3v) is 9.52. The third-order valence-electron chi connectivity index (χ3n) is 9.52. The van der Waals surface area contributed by atoms with Crippen LogP contribution in [0, 0.1) is 23.2 Å². The minimum atomic E-state index is -5.85. The first-order chi connectivity index (χ1) is 17.4. The predicted octanol–water partition coefficient (Wildman–Crippen LogP) is 6.15. The lowest BCUT2D eigenvalue weighted by Gasteiger charge is -2.45. The van der Waals surface area contributed by atoms with Gasteiger partial charge in [-0.05, 0) is 92.1 Å². The summed E-state index contributed by atoms with van der Waals surface area (Å²) < 4.78 is 77.8. The van der Waals surface area contributed by atoms with Crippen molar-refractivity contribution in [3.63, 3.8) is 0 Å². The van der Waals surface area contributed by atoms with Gasteiger partial charge in [-0.2, -0.15) is 26.3 Å². The first kappa shape index (κ1) is 31.2. The van der Waals surface area contributed by atoms with E-state index < -0.39 is 49.1 Å². The molecule has 3 saturated carbocycles. The number of allylic oxidation sites excluding steroid dienone is 3. The molecule has 3 aliphatic rings. The van der Waals surface area contributed by atoms with E-state index >= 15 is 0 Å². The Morgan fingerprint density at radius 3 is 2.32 bits per heavy atom. The molecule has 0 amide bonds. The largest absolute Gasteiger partial charge is 0.426 e. The Morgan fingerprint density at radius 1 is 1.08 bits per heavy atom. The molecular weight excluding hydrogens is 514 g/mol. The van der Waals surface area contributed by atoms with Gasteiger partial charge in [0.25, 0.3) is 5.60 Å². The maximum Gasteiger partial charge on any atom is 0.426 e. The Balaban J connectivity index is 1.68. The molecule has 218 valence electrons. The number of alkyl halides is 6. The number of aliphatic hydroxyl groups excluding tert-OH is 3. The van der Waals surface area contributed by atoms with Crippen LogP contribution in [0.4, 0.5) is 26.3 Å². The average molecular weight is 555 g/mol. The Morgan fingerprint density at radius 2 is 1.71 bits per heavy atom. The summed E-state index contributed by atoms with van der Waals surface area (Å²) in [6.07, 6.45) is -7.63. The summed E-state index contributed by atoms with van der Waals surface area (Å²) in [6.45, 7) is 7.90. The second-order valence-electron chi connectivity index (χ2n) is 11.8. The molecule has 3 aliphatic carbocycles. The van der Waals surface area contributed by atoms with Gasteiger partial charge < -0.3 is 20.4 Å². The van der Waals surface area contributed by atoms with Gasteiger partial charge in [0.15, 0.2) is 0 Å². The van der Waals surface area contributed by atoms with E-state index in [1.54, 1.807) is 6.92 Å². The van der Waals surface area contributed by atoms with Crippen molar-refractivity contribution in [1.29, 1.82) is 0 Å². The molecule has 10 heteroatoms. The van der Waals surface area contributed by atoms with Crippen LogP contribution in [0.15, 0.2) is 35.5 Å². The van der Waals surface area contributed by atoms with Crippen LogP contribution in [0.3, 0.4) is 0 Å². The Labute approximate surface area is 220 Å². The summed E-state index contributed by atoms with van der Waals surface area (Å²) in [7, 11) is 0. The van der Waals surface area contributed by atoms with Gasteiger partial charge in [-0.1, -0.05) is 38.2 Å². The fourth-order valence-electron chi connectivity index (χ4n) is 7.15. The van der Waals surface area contributed by atoms with E-state index in [1.807, 2.05) is 12.2 Å². The maximum atomic E-state index is 13.0. The van der Waals surface area contributed by atoms with E-state index in [0.29, 0.717) is 12.0 Å². The zero-order chi connectivity index (χ0) is 28.7. The molecule has 0 aromatic rings. The van der Waals surface area contributed by atoms with Gasteiger partial charge in [-0.3, -0.25) is 0 Å². The van der Waals surface area contributed by atoms with Crippen LogP contribution in [0.5, 0.6) is 0 Å². The SMILES string of the molecule is C=C1/C(=C\C=C2/CCC[C@@]3(C)C2CC[C@@H]3[C@H](C)[C@@H](O)CCCC(O)(C(F)(F)F)C(F)(F)F)C[C@@H](O)C[C@@H]1O. The molecule has 3 rings (SSSR count). The number of rotatable bonds is 7. The molecule has 7 atom stereocenters. The van der Waals surface area contributed by atoms with Crippen LogP contribution in [0.2, 0.25) is 0 Å². The van der Waals surface area contributed by atoms with Crippen LogP contribution in [-0.2, 0) is 0 Å². The first-order valence-corrected chi connectivity index (χ1v) is 13.4. The molecule has 4 nitrogen and oxygen atoms in total. The highest BCUT2D eigenvalue weighted by Gasteiger charge is 2.69. The molecule has 0 radical (unpaired) electrons. The lowest BCUT2D eigenvalue weighted by atomic mass is 9.60. The van der Waals surface area contributed by atoms with Crippen molar-refractivity contribution in [3.8, 4) is 0 Å². The Hall–Kier alpha value is -1.36. The van der Waals surface area contributed by atoms with Gasteiger partial charge in [0.1, 0.15) is 0 Å². The van der Waals surface area contributed by atoms with Gasteiger partial charge in [0.05, 0.1) is 18.3 Å². The quantitative estimate of drug-likeness (QED) is 0.285. The Kier molecular flexibility index (Phi) is 9.23. The third kappa shape index (κ3) is 6.03. The van der Waals surface area contributed by atoms with Crippen LogP contribution >= 0.6 is 0 Å². The fraction of sp³-hybridized carbons (Fsp3) is 0.786. The number of aliphatic hydroxyl groups is 4. The van der Waals surface area contributed by atoms with Crippen LogP contribution in [-0.4, -0.2) is 56.7 Å². The second kappa shape index (κ2) is 11.3. The van der Waals surface area contributed by atoms with Gasteiger partial charge in [0, 0.05) is 6.42 Å². The molecule has 0 bridgehead atoms. The minimum Gasteiger partial charge on any atom is -0.393 e. The average Bonchev–Trinajstić information content (AvgIpc) is 3.15. The standard InChI is InChI=1S/C28H40F6O4/c1-16-19(14-20(35)15-24(16)37)9-8-18-6-4-12-25(3)21(10-11-22(18)25)17(2)23(36)7-5-13-26(38,27(29,30)31)28(32,33)34/h8-9,17,20-24,35-38H,1,4-7,10-15H2,2-3H3/b18-8+,19-9-/t17-,20+,21+,22?,23-,24-,25+/m0/s1. The summed E-state index contributed by atoms with van der Waals surface area (Å²) >= 11 is 0. The molecule has 0 aromatic carbocycles. The van der Waals surface area contributed by atoms with Crippen molar-refractivity contribution in [3.05, 3.63) is 35.5 Å². The monoisotopic (exact) mass is 554 g/mol. The maximum absolute atomic E-state index is 13.0. The molecule has 3 fully saturated rings. The molecule has 0 aromatic heterocycles. The predicted molar refractivity (Wildman–Crippen MR) is 131 cm³/mol. The van der Waals surface area contributed by atoms with E-state index in [9.17, 15) is 46.8 Å². The van der Waals surface area contributed by atoms with Crippen molar-refractivity contribution >= 4 is 0 Å². The summed E-state index contributed by atoms with van der Waals surface area (Å²) in [5.41, 5.74) is -2.31. The summed E-state index contributed by atoms with van der Waals surface area (Å²) in [5, 5.41) is 40.3. The Bertz CT molecular complexity index is 909. The van der Waals surface area contributed by atoms with Crippen molar-refractivity contribution < 1.29 is 46.8 Å². The molecule has 0 aliphatic heterocycles. The second-order valence-corrected chi connectivity index (χ2v) is 11.8. The zero-order valence-corrected chi connectivity index (χ0v) is 22.0. The van der Waals surface area contributed by atoms with Gasteiger partial charge >= 0.3 is 12.4 Å². The topological polar surface area (TPSA) is 80.9 Å². The van der Waals surface area contributed by atoms with Crippen LogP contribution in [0.1, 0.15) is 78.1 Å². The lowest BCUT2D eigenvalue weighted by molar-refractivity contribution is -0.370. The molecule has 1 unspecified atom stereocenters. The van der Waals surface area contributed by atoms with Crippen molar-refractivity contribution in [2.24, 2.45) is 23.2 Å². The van der Waals surface area contributed by atoms with Crippen LogP contribution < -0.4 is 0 Å². The number of hydrogen-bond acceptors (Lipinski definition) is 4. The first-order valence-electron chi connectivity index (χ1n) is 13.4. The van der Waals surface area contributed by atoms with E-state index in [0.717, 1.165) is 37.7 Å². The minimum absolute atomic E-state index is 0.0382. The van der Waals surface area contributed by atoms with E-state index in [4.69, 9.17) is 0 Å². The van der Waals surface area contributed by atoms with Crippen molar-refractivity contribution in [2.75, 3.05) is 0 Å². The van der Waals surface area contributed by atoms with Crippen molar-refractivity contribution in [2.45, 2.75) is 114 Å². The molecule has 0 spiro atoms. The normalized spacial score (nSPS) is 35.0. The van der Waals surface area contributed by atoms with Crippen LogP contribution in [0.25, 0.3) is 0 Å². The van der Waals surface area contributed by atoms with E-state index in [1.165, 1.54) is 5.57 Å². The molecule has 0 saturated heterocycles. The van der Waals surface area contributed by atoms with E-state index in [2.05, 4.69) is 13.5 Å². The van der Waals surface area contributed by atoms with Crippen molar-refractivity contribution in [1.82, 2.24) is 0 Å². The molecule has 0 heterocycles. The lowest BCUT2D eigenvalue weighted by Crippen LogP contribution is -2.56. The van der Waals surface area contributed by atoms with E-state index in [-0.39, 0.29) is 36.0 Å². The van der Waals surface area contributed by atoms with Gasteiger partial charge in [-0.15, -0.1) is 0 Å². The van der Waals surface area contributed by atoms with Gasteiger partial charge in [0.2, 0.25) is 0 Å². The summed E-state index contributed by atoms with van der Waals surface area (Å²) in [4.78, 5) is 0. The number of fused-ring (bicyclic) bond motifs is 1. The molecular formula is C28H40F6O4. The highest BCUT2D eigenvalue weighted by molar-refractivity contribution is 5.38.